The zero-order valence-corrected chi connectivity index (χ0v) is 10.4. The van der Waals surface area contributed by atoms with Crippen molar-refractivity contribution in [2.24, 2.45) is 0 Å². The minimum absolute atomic E-state index is 0. The Morgan fingerprint density at radius 1 is 0.643 bits per heavy atom. The van der Waals surface area contributed by atoms with Crippen LogP contribution in [0.5, 0.6) is 0 Å². The summed E-state index contributed by atoms with van der Waals surface area (Å²) in [6.45, 7) is 0. The van der Waals surface area contributed by atoms with Gasteiger partial charge >= 0.3 is 37.7 Å². The first-order valence-corrected chi connectivity index (χ1v) is 2.19. The van der Waals surface area contributed by atoms with Crippen LogP contribution in [0.15, 0.2) is 0 Å². The third-order valence-corrected chi connectivity index (χ3v) is 0. The van der Waals surface area contributed by atoms with E-state index in [4.69, 9.17) is 19.2 Å². The molecule has 0 fully saturated rings. The van der Waals surface area contributed by atoms with E-state index in [0.29, 0.717) is 0 Å². The van der Waals surface area contributed by atoms with Crippen molar-refractivity contribution >= 4 is 45.6 Å². The van der Waals surface area contributed by atoms with Gasteiger partial charge in [-0.25, -0.2) is 0 Å². The van der Waals surface area contributed by atoms with Gasteiger partial charge in [-0.05, 0) is 0 Å². The summed E-state index contributed by atoms with van der Waals surface area (Å²) in [6, 6.07) is 0. The first-order chi connectivity index (χ1) is 2.00. The molecule has 96 valence electrons. The molecule has 0 aliphatic heterocycles. The summed E-state index contributed by atoms with van der Waals surface area (Å²) in [7, 11) is -5.39. The normalized spacial score (nSPS) is 4.21. The van der Waals surface area contributed by atoms with Gasteiger partial charge in [0.05, 0.1) is 0 Å². The van der Waals surface area contributed by atoms with Crippen molar-refractivity contribution in [2.45, 2.75) is 0 Å². The van der Waals surface area contributed by atoms with Crippen LogP contribution in [-0.4, -0.2) is 76.1 Å². The molecule has 14 heteroatoms. The molecule has 0 amide bonds. The molecule has 12 nitrogen and oxygen atoms in total. The van der Waals surface area contributed by atoms with Crippen LogP contribution in [0.1, 0.15) is 0 Å². The molecule has 0 heterocycles. The van der Waals surface area contributed by atoms with Crippen molar-refractivity contribution in [3.8, 4) is 0 Å². The maximum Gasteiger partial charge on any atom is 2.00 e. The largest absolute Gasteiger partial charge is 2.00 e. The van der Waals surface area contributed by atoms with Gasteiger partial charge in [0.1, 0.15) is 0 Å². The Labute approximate surface area is 109 Å². The van der Waals surface area contributed by atoms with Crippen molar-refractivity contribution < 1.29 is 57.6 Å². The van der Waals surface area contributed by atoms with Crippen LogP contribution in [0.3, 0.4) is 0 Å². The van der Waals surface area contributed by atoms with Crippen molar-refractivity contribution in [3.63, 3.8) is 0 Å². The Morgan fingerprint density at radius 3 is 0.643 bits per heavy atom. The van der Waals surface area contributed by atoms with E-state index < -0.39 is 7.82 Å². The summed E-state index contributed by atoms with van der Waals surface area (Å²) in [5.41, 5.74) is 0. The fourth-order valence-electron chi connectivity index (χ4n) is 0. The van der Waals surface area contributed by atoms with E-state index in [1.165, 1.54) is 0 Å². The molecule has 0 rings (SSSR count). The van der Waals surface area contributed by atoms with Crippen LogP contribution in [0.2, 0.25) is 0 Å². The molecule has 14 heavy (non-hydrogen) atoms. The number of quaternary nitrogens is 1. The fourth-order valence-corrected chi connectivity index (χ4v) is 0. The molecule has 0 bridgehead atoms. The maximum atomic E-state index is 8.55. The quantitative estimate of drug-likeness (QED) is 0.332. The van der Waals surface area contributed by atoms with E-state index >= 15 is 0 Å². The fraction of sp³-hybridized carbons (Fsp3) is 0. The van der Waals surface area contributed by atoms with Gasteiger partial charge in [-0.2, -0.15) is 7.82 Å². The molecule has 0 saturated heterocycles. The van der Waals surface area contributed by atoms with Crippen molar-refractivity contribution in [2.75, 3.05) is 0 Å². The molecule has 0 aliphatic rings. The summed E-state index contributed by atoms with van der Waals surface area (Å²) in [4.78, 5) is 25.6. The average molecular weight is 279 g/mol. The predicted molar refractivity (Wildman–Crippen MR) is 44.6 cm³/mol. The average Bonchev–Trinajstić information content (AvgIpc) is 0.722. The smallest absolute Gasteiger partial charge is 0.822 e. The molecular formula is H18CaNO11P. The third-order valence-electron chi connectivity index (χ3n) is 0. The second kappa shape index (κ2) is 48.1. The van der Waals surface area contributed by atoms with Gasteiger partial charge in [-0.15, -0.1) is 0 Å². The van der Waals surface area contributed by atoms with Crippen LogP contribution in [0.25, 0.3) is 0 Å². The molecule has 0 radical (unpaired) electrons. The Kier molecular flexibility index (Phi) is 401. The number of phosphoric acid groups is 1. The third kappa shape index (κ3) is 1720. The van der Waals surface area contributed by atoms with Gasteiger partial charge < -0.3 is 63.7 Å². The Bertz CT molecular complexity index is 61.4. The summed E-state index contributed by atoms with van der Waals surface area (Å²) >= 11 is 0. The first kappa shape index (κ1) is 117. The molecule has 18 N–H and O–H groups in total. The van der Waals surface area contributed by atoms with Gasteiger partial charge in [0.15, 0.2) is 0 Å². The second-order valence-corrected chi connectivity index (χ2v) is 1.34. The van der Waals surface area contributed by atoms with Crippen molar-refractivity contribution in [1.29, 1.82) is 0 Å². The van der Waals surface area contributed by atoms with Crippen LogP contribution in [0.4, 0.5) is 0 Å². The summed E-state index contributed by atoms with van der Waals surface area (Å²) in [6.07, 6.45) is 0. The summed E-state index contributed by atoms with van der Waals surface area (Å²) in [5.74, 6) is 0. The Morgan fingerprint density at radius 2 is 0.643 bits per heavy atom. The standard InChI is InChI=1S/Ca.H3N.H3O4P.7H2O/c;;1-5(2,3)4;;;;;;;/h;1H3;(H3,1,2,3,4);7*1H2/q+2;;;;;;;;;/p-2. The minimum Gasteiger partial charge on any atom is -0.822 e. The zero-order valence-electron chi connectivity index (χ0n) is 7.29. The Hall–Kier alpha value is 1.05. The van der Waals surface area contributed by atoms with Crippen LogP contribution >= 0.6 is 7.82 Å². The van der Waals surface area contributed by atoms with Crippen LogP contribution in [0, 0.1) is 0 Å². The molecule has 0 atom stereocenters. The monoisotopic (exact) mass is 279 g/mol. The van der Waals surface area contributed by atoms with Crippen molar-refractivity contribution in [3.05, 3.63) is 0 Å². The SMILES string of the molecule is O.O.O.O.O.O.O.O=P([O-])([O-])[O-].[Ca+2].[NH4+]. The number of hydrogen-bond donors (Lipinski definition) is 1. The minimum atomic E-state index is -5.39. The molecule has 0 unspecified atom stereocenters. The number of rotatable bonds is 0. The molecule has 0 aromatic heterocycles. The van der Waals surface area contributed by atoms with Gasteiger partial charge in [0.25, 0.3) is 0 Å². The Balaban J connectivity index is -0.00000000222. The topological polar surface area (TPSA) is 343 Å². The van der Waals surface area contributed by atoms with Crippen LogP contribution < -0.4 is 20.8 Å². The van der Waals surface area contributed by atoms with Crippen LogP contribution in [-0.2, 0) is 4.57 Å². The maximum absolute atomic E-state index is 8.55. The van der Waals surface area contributed by atoms with Gasteiger partial charge in [0.2, 0.25) is 0 Å². The van der Waals surface area contributed by atoms with E-state index in [2.05, 4.69) is 0 Å². The second-order valence-electron chi connectivity index (χ2n) is 0.447. The zero-order chi connectivity index (χ0) is 4.50. The summed E-state index contributed by atoms with van der Waals surface area (Å²) in [5, 5.41) is 0. The van der Waals surface area contributed by atoms with Gasteiger partial charge in [-0.3, -0.25) is 0 Å². The van der Waals surface area contributed by atoms with E-state index in [1.54, 1.807) is 0 Å². The number of hydrogen-bond acceptors (Lipinski definition) is 4. The first-order valence-electron chi connectivity index (χ1n) is 0.730. The molecule has 0 spiro atoms. The van der Waals surface area contributed by atoms with Gasteiger partial charge in [-0.1, -0.05) is 0 Å². The van der Waals surface area contributed by atoms with E-state index in [1.807, 2.05) is 0 Å². The summed E-state index contributed by atoms with van der Waals surface area (Å²) < 4.78 is 8.55. The molecule has 0 saturated carbocycles. The van der Waals surface area contributed by atoms with Crippen molar-refractivity contribution in [1.82, 2.24) is 6.15 Å². The van der Waals surface area contributed by atoms with E-state index in [9.17, 15) is 0 Å². The molecular weight excluding hydrogens is 261 g/mol. The van der Waals surface area contributed by atoms with E-state index in [0.717, 1.165) is 0 Å². The molecule has 0 aromatic rings. The predicted octanol–water partition coefficient (Wildman–Crippen LogP) is -8.60. The molecule has 0 aromatic carbocycles. The van der Waals surface area contributed by atoms with E-state index in [-0.39, 0.29) is 82.2 Å². The van der Waals surface area contributed by atoms with Gasteiger partial charge in [0, 0.05) is 0 Å². The molecule has 0 aliphatic carbocycles.